The molecular formula is C16H24N2O. The summed E-state index contributed by atoms with van der Waals surface area (Å²) < 4.78 is 5.86. The van der Waals surface area contributed by atoms with E-state index in [0.29, 0.717) is 6.04 Å². The summed E-state index contributed by atoms with van der Waals surface area (Å²) >= 11 is 0. The second-order valence-corrected chi connectivity index (χ2v) is 5.44. The molecule has 0 aliphatic heterocycles. The van der Waals surface area contributed by atoms with Crippen LogP contribution in [0.4, 0.5) is 0 Å². The van der Waals surface area contributed by atoms with Crippen molar-refractivity contribution in [2.75, 3.05) is 20.1 Å². The highest BCUT2D eigenvalue weighted by Crippen LogP contribution is 2.23. The van der Waals surface area contributed by atoms with E-state index in [0.717, 1.165) is 24.4 Å². The van der Waals surface area contributed by atoms with Gasteiger partial charge in [-0.15, -0.1) is 0 Å². The molecule has 0 spiro atoms. The SMILES string of the molecule is CC(NCCN(C)C(C)C)c1cc2ccccc2o1. The Kier molecular flexibility index (Phi) is 4.61. The molecular weight excluding hydrogens is 236 g/mol. The molecule has 3 heteroatoms. The maximum Gasteiger partial charge on any atom is 0.134 e. The zero-order chi connectivity index (χ0) is 13.8. The molecule has 0 radical (unpaired) electrons. The highest BCUT2D eigenvalue weighted by atomic mass is 16.3. The van der Waals surface area contributed by atoms with Crippen LogP contribution in [-0.4, -0.2) is 31.1 Å². The first-order valence-electron chi connectivity index (χ1n) is 7.00. The van der Waals surface area contributed by atoms with Crippen molar-refractivity contribution in [3.05, 3.63) is 36.1 Å². The van der Waals surface area contributed by atoms with E-state index < -0.39 is 0 Å². The van der Waals surface area contributed by atoms with Crippen LogP contribution in [0.25, 0.3) is 11.0 Å². The van der Waals surface area contributed by atoms with Crippen molar-refractivity contribution in [2.24, 2.45) is 0 Å². The number of fused-ring (bicyclic) bond motifs is 1. The van der Waals surface area contributed by atoms with Gasteiger partial charge in [0.1, 0.15) is 11.3 Å². The van der Waals surface area contributed by atoms with Gasteiger partial charge in [-0.3, -0.25) is 0 Å². The Bertz CT molecular complexity index is 485. The summed E-state index contributed by atoms with van der Waals surface area (Å²) in [6.45, 7) is 8.58. The van der Waals surface area contributed by atoms with Gasteiger partial charge in [-0.25, -0.2) is 0 Å². The van der Waals surface area contributed by atoms with Crippen LogP contribution in [0.5, 0.6) is 0 Å². The molecule has 3 nitrogen and oxygen atoms in total. The van der Waals surface area contributed by atoms with Crippen molar-refractivity contribution in [1.82, 2.24) is 10.2 Å². The van der Waals surface area contributed by atoms with Crippen LogP contribution in [-0.2, 0) is 0 Å². The molecule has 1 aromatic heterocycles. The molecule has 104 valence electrons. The molecule has 0 saturated heterocycles. The van der Waals surface area contributed by atoms with Gasteiger partial charge in [0.25, 0.3) is 0 Å². The molecule has 1 aromatic carbocycles. The molecule has 2 aromatic rings. The Morgan fingerprint density at radius 1 is 1.21 bits per heavy atom. The zero-order valence-electron chi connectivity index (χ0n) is 12.3. The van der Waals surface area contributed by atoms with Crippen LogP contribution in [0.15, 0.2) is 34.7 Å². The molecule has 1 N–H and O–H groups in total. The fourth-order valence-electron chi connectivity index (χ4n) is 2.03. The molecule has 0 fully saturated rings. The summed E-state index contributed by atoms with van der Waals surface area (Å²) in [6, 6.07) is 11.1. The van der Waals surface area contributed by atoms with E-state index in [4.69, 9.17) is 4.42 Å². The maximum absolute atomic E-state index is 5.86. The lowest BCUT2D eigenvalue weighted by Gasteiger charge is -2.22. The van der Waals surface area contributed by atoms with Crippen LogP contribution >= 0.6 is 0 Å². The minimum absolute atomic E-state index is 0.243. The largest absolute Gasteiger partial charge is 0.459 e. The van der Waals surface area contributed by atoms with Gasteiger partial charge >= 0.3 is 0 Å². The van der Waals surface area contributed by atoms with Crippen LogP contribution < -0.4 is 5.32 Å². The Hall–Kier alpha value is -1.32. The molecule has 2 rings (SSSR count). The highest BCUT2D eigenvalue weighted by molar-refractivity contribution is 5.77. The van der Waals surface area contributed by atoms with E-state index in [9.17, 15) is 0 Å². The molecule has 1 unspecified atom stereocenters. The Morgan fingerprint density at radius 2 is 1.95 bits per heavy atom. The van der Waals surface area contributed by atoms with Gasteiger partial charge in [0, 0.05) is 24.5 Å². The summed E-state index contributed by atoms with van der Waals surface area (Å²) in [5, 5.41) is 4.68. The third-order valence-corrected chi connectivity index (χ3v) is 3.67. The van der Waals surface area contributed by atoms with E-state index in [1.54, 1.807) is 0 Å². The maximum atomic E-state index is 5.86. The molecule has 1 heterocycles. The van der Waals surface area contributed by atoms with Crippen molar-refractivity contribution < 1.29 is 4.42 Å². The van der Waals surface area contributed by atoms with Gasteiger partial charge in [-0.05, 0) is 40.0 Å². The number of nitrogens with zero attached hydrogens (tertiary/aromatic N) is 1. The molecule has 0 amide bonds. The first-order valence-corrected chi connectivity index (χ1v) is 7.00. The van der Waals surface area contributed by atoms with Gasteiger partial charge in [0.15, 0.2) is 0 Å². The number of nitrogens with one attached hydrogen (secondary N) is 1. The monoisotopic (exact) mass is 260 g/mol. The quantitative estimate of drug-likeness (QED) is 0.862. The summed E-state index contributed by atoms with van der Waals surface area (Å²) in [4.78, 5) is 2.33. The number of benzene rings is 1. The highest BCUT2D eigenvalue weighted by Gasteiger charge is 2.11. The van der Waals surface area contributed by atoms with Crippen LogP contribution in [0.3, 0.4) is 0 Å². The second kappa shape index (κ2) is 6.22. The summed E-state index contributed by atoms with van der Waals surface area (Å²) in [5.74, 6) is 1.01. The van der Waals surface area contributed by atoms with Crippen LogP contribution in [0, 0.1) is 0 Å². The second-order valence-electron chi connectivity index (χ2n) is 5.44. The lowest BCUT2D eigenvalue weighted by molar-refractivity contribution is 0.268. The molecule has 0 saturated carbocycles. The zero-order valence-corrected chi connectivity index (χ0v) is 12.3. The van der Waals surface area contributed by atoms with Crippen molar-refractivity contribution in [1.29, 1.82) is 0 Å². The summed E-state index contributed by atoms with van der Waals surface area (Å²) in [5.41, 5.74) is 0.963. The molecule has 19 heavy (non-hydrogen) atoms. The third-order valence-electron chi connectivity index (χ3n) is 3.67. The van der Waals surface area contributed by atoms with Crippen molar-refractivity contribution in [3.63, 3.8) is 0 Å². The van der Waals surface area contributed by atoms with E-state index in [1.807, 2.05) is 18.2 Å². The topological polar surface area (TPSA) is 28.4 Å². The van der Waals surface area contributed by atoms with Gasteiger partial charge in [0.2, 0.25) is 0 Å². The Morgan fingerprint density at radius 3 is 2.63 bits per heavy atom. The predicted molar refractivity (Wildman–Crippen MR) is 80.4 cm³/mol. The van der Waals surface area contributed by atoms with Crippen LogP contribution in [0.1, 0.15) is 32.6 Å². The minimum Gasteiger partial charge on any atom is -0.459 e. The van der Waals surface area contributed by atoms with Crippen molar-refractivity contribution in [3.8, 4) is 0 Å². The lowest BCUT2D eigenvalue weighted by Crippen LogP contribution is -2.34. The van der Waals surface area contributed by atoms with Crippen molar-refractivity contribution in [2.45, 2.75) is 32.9 Å². The number of rotatable bonds is 6. The van der Waals surface area contributed by atoms with Gasteiger partial charge in [0.05, 0.1) is 6.04 Å². The van der Waals surface area contributed by atoms with Crippen LogP contribution in [0.2, 0.25) is 0 Å². The van der Waals surface area contributed by atoms with Gasteiger partial charge < -0.3 is 14.6 Å². The normalized spacial score (nSPS) is 13.6. The molecule has 0 aliphatic carbocycles. The third kappa shape index (κ3) is 3.58. The lowest BCUT2D eigenvalue weighted by atomic mass is 10.2. The number of likely N-dealkylation sites (N-methyl/N-ethyl adjacent to an activating group) is 1. The fraction of sp³-hybridized carbons (Fsp3) is 0.500. The minimum atomic E-state index is 0.243. The Balaban J connectivity index is 1.91. The van der Waals surface area contributed by atoms with E-state index in [-0.39, 0.29) is 6.04 Å². The summed E-state index contributed by atoms with van der Waals surface area (Å²) in [6.07, 6.45) is 0. The Labute approximate surface area is 115 Å². The van der Waals surface area contributed by atoms with Gasteiger partial charge in [-0.2, -0.15) is 0 Å². The van der Waals surface area contributed by atoms with E-state index in [2.05, 4.69) is 50.2 Å². The number of para-hydroxylation sites is 1. The van der Waals surface area contributed by atoms with Gasteiger partial charge in [-0.1, -0.05) is 18.2 Å². The molecule has 0 bridgehead atoms. The first-order chi connectivity index (χ1) is 9.08. The molecule has 1 atom stereocenters. The van der Waals surface area contributed by atoms with Crippen molar-refractivity contribution >= 4 is 11.0 Å². The standard InChI is InChI=1S/C16H24N2O/c1-12(2)18(4)10-9-17-13(3)16-11-14-7-5-6-8-15(14)19-16/h5-8,11-13,17H,9-10H2,1-4H3. The number of furan rings is 1. The summed E-state index contributed by atoms with van der Waals surface area (Å²) in [7, 11) is 2.15. The number of hydrogen-bond donors (Lipinski definition) is 1. The number of hydrogen-bond acceptors (Lipinski definition) is 3. The fourth-order valence-corrected chi connectivity index (χ4v) is 2.03. The predicted octanol–water partition coefficient (Wildman–Crippen LogP) is 3.42. The average Bonchev–Trinajstić information content (AvgIpc) is 2.82. The van der Waals surface area contributed by atoms with E-state index >= 15 is 0 Å². The van der Waals surface area contributed by atoms with E-state index in [1.165, 1.54) is 5.39 Å². The average molecular weight is 260 g/mol. The first kappa shape index (κ1) is 14.1. The smallest absolute Gasteiger partial charge is 0.134 e. The molecule has 0 aliphatic rings.